The highest BCUT2D eigenvalue weighted by molar-refractivity contribution is 8.00. The molecule has 4 rings (SSSR count). The van der Waals surface area contributed by atoms with Gasteiger partial charge in [0, 0.05) is 27.3 Å². The van der Waals surface area contributed by atoms with E-state index in [0.717, 1.165) is 18.2 Å². The molecule has 0 bridgehead atoms. The smallest absolute Gasteiger partial charge is 0.120 e. The third-order valence-corrected chi connectivity index (χ3v) is 7.85. The first-order valence-corrected chi connectivity index (χ1v) is 12.3. The van der Waals surface area contributed by atoms with Crippen LogP contribution in [0.5, 0.6) is 5.75 Å². The molecular formula is C23H30N2OS2. The van der Waals surface area contributed by atoms with Crippen LogP contribution in [0.4, 0.5) is 11.4 Å². The van der Waals surface area contributed by atoms with Gasteiger partial charge in [0.15, 0.2) is 0 Å². The van der Waals surface area contributed by atoms with Crippen molar-refractivity contribution in [2.24, 2.45) is 5.92 Å². The van der Waals surface area contributed by atoms with Crippen LogP contribution < -0.4 is 15.0 Å². The van der Waals surface area contributed by atoms with Crippen molar-refractivity contribution in [2.45, 2.75) is 53.3 Å². The maximum atomic E-state index is 5.47. The van der Waals surface area contributed by atoms with Crippen molar-refractivity contribution in [1.82, 2.24) is 5.32 Å². The van der Waals surface area contributed by atoms with Gasteiger partial charge in [-0.05, 0) is 74.4 Å². The molecule has 0 saturated carbocycles. The van der Waals surface area contributed by atoms with Gasteiger partial charge in [0.2, 0.25) is 0 Å². The maximum absolute atomic E-state index is 5.47. The molecule has 5 heteroatoms. The van der Waals surface area contributed by atoms with E-state index in [4.69, 9.17) is 4.74 Å². The van der Waals surface area contributed by atoms with Gasteiger partial charge >= 0.3 is 0 Å². The molecule has 2 heterocycles. The summed E-state index contributed by atoms with van der Waals surface area (Å²) in [6.07, 6.45) is 7.27. The first kappa shape index (κ1) is 20.0. The lowest BCUT2D eigenvalue weighted by atomic mass is 9.89. The number of ether oxygens (including phenoxy) is 1. The summed E-state index contributed by atoms with van der Waals surface area (Å²) in [5, 5.41) is 3.76. The Bertz CT molecular complexity index is 826. The number of benzene rings is 2. The average molecular weight is 415 g/mol. The summed E-state index contributed by atoms with van der Waals surface area (Å²) in [5.74, 6) is 1.81. The number of nitrogens with zero attached hydrogens (tertiary/aromatic N) is 1. The highest BCUT2D eigenvalue weighted by Crippen LogP contribution is 2.50. The summed E-state index contributed by atoms with van der Waals surface area (Å²) in [6, 6.07) is 14.0. The van der Waals surface area contributed by atoms with Crippen LogP contribution in [0.15, 0.2) is 51.1 Å². The fraction of sp³-hybridized carbons (Fsp3) is 0.478. The molecule has 0 amide bonds. The summed E-state index contributed by atoms with van der Waals surface area (Å²) in [5.41, 5.74) is 2.65. The molecule has 0 aliphatic carbocycles. The number of hydrogen-bond acceptors (Lipinski definition) is 5. The predicted octanol–water partition coefficient (Wildman–Crippen LogP) is 6.19. The van der Waals surface area contributed by atoms with Crippen LogP contribution in [0, 0.1) is 5.92 Å². The molecule has 2 aliphatic rings. The van der Waals surface area contributed by atoms with Gasteiger partial charge in [-0.3, -0.25) is 0 Å². The van der Waals surface area contributed by atoms with Gasteiger partial charge in [0.05, 0.1) is 18.5 Å². The van der Waals surface area contributed by atoms with Crippen molar-refractivity contribution in [2.75, 3.05) is 31.4 Å². The minimum atomic E-state index is 0.627. The van der Waals surface area contributed by atoms with Crippen molar-refractivity contribution in [3.05, 3.63) is 36.4 Å². The van der Waals surface area contributed by atoms with E-state index in [0.29, 0.717) is 6.04 Å². The monoisotopic (exact) mass is 414 g/mol. The topological polar surface area (TPSA) is 24.5 Å². The number of rotatable bonds is 6. The lowest BCUT2D eigenvalue weighted by Crippen LogP contribution is -2.40. The highest BCUT2D eigenvalue weighted by Gasteiger charge is 2.26. The Hall–Kier alpha value is -1.30. The molecule has 1 N–H and O–H groups in total. The van der Waals surface area contributed by atoms with Crippen molar-refractivity contribution in [3.8, 4) is 5.75 Å². The van der Waals surface area contributed by atoms with Crippen LogP contribution in [-0.4, -0.2) is 32.5 Å². The first-order chi connectivity index (χ1) is 13.7. The predicted molar refractivity (Wildman–Crippen MR) is 122 cm³/mol. The molecule has 3 nitrogen and oxygen atoms in total. The number of fused-ring (bicyclic) bond motifs is 2. The number of nitrogens with one attached hydrogen (secondary N) is 1. The number of anilines is 2. The fourth-order valence-electron chi connectivity index (χ4n) is 4.31. The second-order valence-corrected chi connectivity index (χ2v) is 9.62. The quantitative estimate of drug-likeness (QED) is 0.568. The molecule has 1 saturated heterocycles. The number of piperidine rings is 1. The van der Waals surface area contributed by atoms with E-state index < -0.39 is 0 Å². The lowest BCUT2D eigenvalue weighted by molar-refractivity contribution is 0.287. The Morgan fingerprint density at radius 1 is 1.18 bits per heavy atom. The van der Waals surface area contributed by atoms with Crippen LogP contribution >= 0.6 is 23.5 Å². The van der Waals surface area contributed by atoms with E-state index in [1.54, 1.807) is 7.11 Å². The Morgan fingerprint density at radius 3 is 2.86 bits per heavy atom. The molecule has 1 fully saturated rings. The van der Waals surface area contributed by atoms with Crippen LogP contribution in [0.3, 0.4) is 0 Å². The second kappa shape index (κ2) is 9.02. The lowest BCUT2D eigenvalue weighted by Gasteiger charge is -2.36. The van der Waals surface area contributed by atoms with Gasteiger partial charge in [-0.1, -0.05) is 25.1 Å². The largest absolute Gasteiger partial charge is 0.497 e. The van der Waals surface area contributed by atoms with Crippen LogP contribution in [-0.2, 0) is 0 Å². The molecular weight excluding hydrogens is 384 g/mol. The van der Waals surface area contributed by atoms with Crippen molar-refractivity contribution in [1.29, 1.82) is 0 Å². The van der Waals surface area contributed by atoms with E-state index >= 15 is 0 Å². The molecule has 2 unspecified atom stereocenters. The standard InChI is InChI=1S/C23H30N2OS2/c1-4-16-9-11-24-17(13-16)10-12-25-20-7-5-18(26-2)14-23(20)28-22-8-6-19(27-3)15-21(22)25/h5-8,14-17,24H,4,9-13H2,1-3H3. The second-order valence-electron chi connectivity index (χ2n) is 7.66. The van der Waals surface area contributed by atoms with Gasteiger partial charge in [-0.15, -0.1) is 11.8 Å². The van der Waals surface area contributed by atoms with E-state index in [-0.39, 0.29) is 0 Å². The van der Waals surface area contributed by atoms with E-state index in [1.807, 2.05) is 23.5 Å². The number of thioether (sulfide) groups is 1. The third kappa shape index (κ3) is 4.17. The summed E-state index contributed by atoms with van der Waals surface area (Å²) in [6.45, 7) is 4.54. The number of methoxy groups -OCH3 is 1. The Labute approximate surface area is 177 Å². The molecule has 0 spiro atoms. The van der Waals surface area contributed by atoms with Gasteiger partial charge in [-0.2, -0.15) is 0 Å². The molecule has 2 aliphatic heterocycles. The molecule has 150 valence electrons. The fourth-order valence-corrected chi connectivity index (χ4v) is 5.85. The summed E-state index contributed by atoms with van der Waals surface area (Å²) >= 11 is 3.67. The van der Waals surface area contributed by atoms with Crippen molar-refractivity contribution < 1.29 is 4.74 Å². The van der Waals surface area contributed by atoms with E-state index in [2.05, 4.69) is 59.8 Å². The molecule has 0 radical (unpaired) electrons. The molecule has 2 atom stereocenters. The van der Waals surface area contributed by atoms with Crippen LogP contribution in [0.2, 0.25) is 0 Å². The molecule has 0 aromatic heterocycles. The van der Waals surface area contributed by atoms with Gasteiger partial charge in [-0.25, -0.2) is 0 Å². The van der Waals surface area contributed by atoms with Crippen molar-refractivity contribution >= 4 is 34.9 Å². The summed E-state index contributed by atoms with van der Waals surface area (Å²) in [7, 11) is 1.74. The zero-order valence-corrected chi connectivity index (χ0v) is 18.7. The van der Waals surface area contributed by atoms with E-state index in [9.17, 15) is 0 Å². The summed E-state index contributed by atoms with van der Waals surface area (Å²) in [4.78, 5) is 6.47. The number of hydrogen-bond donors (Lipinski definition) is 1. The Morgan fingerprint density at radius 2 is 2.07 bits per heavy atom. The molecule has 2 aromatic rings. The van der Waals surface area contributed by atoms with Gasteiger partial charge in [0.1, 0.15) is 5.75 Å². The summed E-state index contributed by atoms with van der Waals surface area (Å²) < 4.78 is 5.47. The zero-order chi connectivity index (χ0) is 19.5. The van der Waals surface area contributed by atoms with Crippen LogP contribution in [0.25, 0.3) is 0 Å². The maximum Gasteiger partial charge on any atom is 0.120 e. The first-order valence-electron chi connectivity index (χ1n) is 10.3. The average Bonchev–Trinajstić information content (AvgIpc) is 2.76. The van der Waals surface area contributed by atoms with Crippen LogP contribution in [0.1, 0.15) is 32.6 Å². The van der Waals surface area contributed by atoms with E-state index in [1.165, 1.54) is 58.3 Å². The Balaban J connectivity index is 1.61. The van der Waals surface area contributed by atoms with Gasteiger partial charge in [0.25, 0.3) is 0 Å². The molecule has 28 heavy (non-hydrogen) atoms. The minimum absolute atomic E-state index is 0.627. The molecule has 2 aromatic carbocycles. The third-order valence-electron chi connectivity index (χ3n) is 6.02. The zero-order valence-electron chi connectivity index (χ0n) is 17.0. The SMILES string of the molecule is CCC1CCNC(CCN2c3ccc(OC)cc3Sc3ccc(SC)cc32)C1. The Kier molecular flexibility index (Phi) is 6.44. The van der Waals surface area contributed by atoms with Gasteiger partial charge < -0.3 is 15.0 Å². The highest BCUT2D eigenvalue weighted by atomic mass is 32.2. The van der Waals surface area contributed by atoms with Crippen molar-refractivity contribution in [3.63, 3.8) is 0 Å². The minimum Gasteiger partial charge on any atom is -0.497 e. The normalized spacial score (nSPS) is 21.2.